The van der Waals surface area contributed by atoms with Gasteiger partial charge < -0.3 is 15.1 Å². The van der Waals surface area contributed by atoms with Gasteiger partial charge in [-0.1, -0.05) is 29.8 Å². The fourth-order valence-electron chi connectivity index (χ4n) is 4.19. The van der Waals surface area contributed by atoms with Gasteiger partial charge in [0.05, 0.1) is 4.92 Å². The highest BCUT2D eigenvalue weighted by atomic mass is 16.6. The minimum absolute atomic E-state index is 0.0247. The summed E-state index contributed by atoms with van der Waals surface area (Å²) in [5, 5.41) is 15.1. The van der Waals surface area contributed by atoms with Gasteiger partial charge in [0.25, 0.3) is 0 Å². The Kier molecular flexibility index (Phi) is 6.41. The van der Waals surface area contributed by atoms with Gasteiger partial charge in [0, 0.05) is 38.4 Å². The minimum Gasteiger partial charge on any atom is -0.368 e. The van der Waals surface area contributed by atoms with Gasteiger partial charge in [-0.15, -0.1) is 0 Å². The number of hydrogen-bond acceptors (Lipinski definition) is 7. The minimum atomic E-state index is -0.360. The Hall–Kier alpha value is -3.16. The maximum absolute atomic E-state index is 11.9. The summed E-state index contributed by atoms with van der Waals surface area (Å²) >= 11 is 0. The zero-order valence-corrected chi connectivity index (χ0v) is 17.2. The van der Waals surface area contributed by atoms with E-state index in [1.54, 1.807) is 0 Å². The molecule has 0 saturated carbocycles. The van der Waals surface area contributed by atoms with Crippen molar-refractivity contribution in [1.82, 2.24) is 9.97 Å². The summed E-state index contributed by atoms with van der Waals surface area (Å²) in [7, 11) is 0. The fourth-order valence-corrected chi connectivity index (χ4v) is 4.19. The number of nitrogens with zero attached hydrogens (tertiary/aromatic N) is 5. The van der Waals surface area contributed by atoms with Crippen LogP contribution in [0.25, 0.3) is 0 Å². The Labute approximate surface area is 176 Å². The van der Waals surface area contributed by atoms with Crippen LogP contribution in [-0.4, -0.2) is 47.6 Å². The monoisotopic (exact) mass is 408 g/mol. The molecule has 158 valence electrons. The number of piperazine rings is 1. The van der Waals surface area contributed by atoms with Crippen LogP contribution in [0.1, 0.15) is 32.1 Å². The standard InChI is InChI=1S/C22H28N6O2/c29-28(30)20-21(23-12-11-18-7-3-1-4-8-18)24-17-25-22(20)27-15-13-26(14-16-27)19-9-5-2-6-10-19/h2,5-7,9-10,17H,1,3-4,8,11-16H2,(H,23,24,25). The van der Waals surface area contributed by atoms with E-state index in [9.17, 15) is 10.1 Å². The molecule has 1 N–H and O–H groups in total. The zero-order chi connectivity index (χ0) is 20.8. The molecule has 2 aromatic rings. The number of hydrogen-bond donors (Lipinski definition) is 1. The molecular weight excluding hydrogens is 380 g/mol. The molecular formula is C22H28N6O2. The van der Waals surface area contributed by atoms with Crippen molar-refractivity contribution < 1.29 is 4.92 Å². The zero-order valence-electron chi connectivity index (χ0n) is 17.2. The normalized spacial score (nSPS) is 16.9. The van der Waals surface area contributed by atoms with E-state index in [1.165, 1.54) is 30.4 Å². The van der Waals surface area contributed by atoms with Crippen molar-refractivity contribution in [1.29, 1.82) is 0 Å². The van der Waals surface area contributed by atoms with E-state index in [1.807, 2.05) is 23.1 Å². The second kappa shape index (κ2) is 9.56. The van der Waals surface area contributed by atoms with Crippen LogP contribution >= 0.6 is 0 Å². The predicted octanol–water partition coefficient (Wildman–Crippen LogP) is 4.01. The summed E-state index contributed by atoms with van der Waals surface area (Å²) in [6.07, 6.45) is 9.39. The molecule has 1 aliphatic heterocycles. The van der Waals surface area contributed by atoms with Crippen molar-refractivity contribution in [3.05, 3.63) is 58.4 Å². The summed E-state index contributed by atoms with van der Waals surface area (Å²) < 4.78 is 0. The van der Waals surface area contributed by atoms with Gasteiger partial charge in [0.15, 0.2) is 0 Å². The number of benzene rings is 1. The number of allylic oxidation sites excluding steroid dienone is 1. The molecule has 1 saturated heterocycles. The lowest BCUT2D eigenvalue weighted by Crippen LogP contribution is -2.47. The first-order valence-electron chi connectivity index (χ1n) is 10.7. The van der Waals surface area contributed by atoms with Crippen LogP contribution in [0.4, 0.5) is 23.0 Å². The number of nitrogens with one attached hydrogen (secondary N) is 1. The SMILES string of the molecule is O=[N+]([O-])c1c(NCCC2=CCCCC2)ncnc1N1CCN(c2ccccc2)CC1. The lowest BCUT2D eigenvalue weighted by atomic mass is 9.97. The second-order valence-corrected chi connectivity index (χ2v) is 7.75. The maximum Gasteiger partial charge on any atom is 0.353 e. The van der Waals surface area contributed by atoms with Gasteiger partial charge in [0.1, 0.15) is 6.33 Å². The van der Waals surface area contributed by atoms with Crippen LogP contribution in [0.3, 0.4) is 0 Å². The van der Waals surface area contributed by atoms with Crippen LogP contribution in [-0.2, 0) is 0 Å². The van der Waals surface area contributed by atoms with E-state index in [0.717, 1.165) is 32.4 Å². The first kappa shape index (κ1) is 20.1. The van der Waals surface area contributed by atoms with E-state index in [4.69, 9.17) is 0 Å². The van der Waals surface area contributed by atoms with E-state index < -0.39 is 0 Å². The first-order chi connectivity index (χ1) is 14.7. The summed E-state index contributed by atoms with van der Waals surface area (Å²) in [5.41, 5.74) is 2.58. The molecule has 4 rings (SSSR count). The third-order valence-corrected chi connectivity index (χ3v) is 5.81. The predicted molar refractivity (Wildman–Crippen MR) is 119 cm³/mol. The average Bonchev–Trinajstić information content (AvgIpc) is 2.80. The van der Waals surface area contributed by atoms with Gasteiger partial charge in [-0.05, 0) is 44.2 Å². The highest BCUT2D eigenvalue weighted by molar-refractivity contribution is 5.70. The lowest BCUT2D eigenvalue weighted by Gasteiger charge is -2.36. The molecule has 1 aliphatic carbocycles. The van der Waals surface area contributed by atoms with Gasteiger partial charge >= 0.3 is 5.69 Å². The summed E-state index contributed by atoms with van der Waals surface area (Å²) in [4.78, 5) is 24.3. The lowest BCUT2D eigenvalue weighted by molar-refractivity contribution is -0.383. The summed E-state index contributed by atoms with van der Waals surface area (Å²) in [6, 6.07) is 10.2. The van der Waals surface area contributed by atoms with Crippen LogP contribution in [0.15, 0.2) is 48.3 Å². The smallest absolute Gasteiger partial charge is 0.353 e. The van der Waals surface area contributed by atoms with Crippen LogP contribution < -0.4 is 15.1 Å². The van der Waals surface area contributed by atoms with E-state index >= 15 is 0 Å². The summed E-state index contributed by atoms with van der Waals surface area (Å²) in [5.74, 6) is 0.717. The Balaban J connectivity index is 1.43. The quantitative estimate of drug-likeness (QED) is 0.421. The molecule has 1 aromatic heterocycles. The first-order valence-corrected chi connectivity index (χ1v) is 10.7. The largest absolute Gasteiger partial charge is 0.368 e. The summed E-state index contributed by atoms with van der Waals surface area (Å²) in [6.45, 7) is 3.59. The number of para-hydroxylation sites is 1. The van der Waals surface area contributed by atoms with Crippen molar-refractivity contribution in [2.45, 2.75) is 32.1 Å². The van der Waals surface area contributed by atoms with E-state index in [2.05, 4.69) is 38.4 Å². The van der Waals surface area contributed by atoms with Crippen LogP contribution in [0.2, 0.25) is 0 Å². The van der Waals surface area contributed by atoms with Crippen molar-refractivity contribution in [2.24, 2.45) is 0 Å². The van der Waals surface area contributed by atoms with Gasteiger partial charge in [-0.3, -0.25) is 10.1 Å². The number of rotatable bonds is 7. The molecule has 2 aliphatic rings. The van der Waals surface area contributed by atoms with Gasteiger partial charge in [0.2, 0.25) is 11.6 Å². The molecule has 8 heteroatoms. The molecule has 30 heavy (non-hydrogen) atoms. The van der Waals surface area contributed by atoms with E-state index in [-0.39, 0.29) is 10.6 Å². The number of aromatic nitrogens is 2. The van der Waals surface area contributed by atoms with Crippen molar-refractivity contribution in [3.63, 3.8) is 0 Å². The van der Waals surface area contributed by atoms with Crippen LogP contribution in [0.5, 0.6) is 0 Å². The maximum atomic E-state index is 11.9. The fraction of sp³-hybridized carbons (Fsp3) is 0.455. The van der Waals surface area contributed by atoms with E-state index in [0.29, 0.717) is 31.3 Å². The Morgan fingerprint density at radius 3 is 2.50 bits per heavy atom. The Morgan fingerprint density at radius 1 is 1.03 bits per heavy atom. The van der Waals surface area contributed by atoms with Gasteiger partial charge in [-0.25, -0.2) is 9.97 Å². The Bertz CT molecular complexity index is 894. The number of nitro groups is 1. The highest BCUT2D eigenvalue weighted by Crippen LogP contribution is 2.33. The third-order valence-electron chi connectivity index (χ3n) is 5.81. The molecule has 0 radical (unpaired) electrons. The molecule has 2 heterocycles. The molecule has 0 unspecified atom stereocenters. The van der Waals surface area contributed by atoms with Crippen molar-refractivity contribution in [3.8, 4) is 0 Å². The molecule has 8 nitrogen and oxygen atoms in total. The molecule has 1 aromatic carbocycles. The topological polar surface area (TPSA) is 87.4 Å². The number of anilines is 3. The molecule has 0 bridgehead atoms. The third kappa shape index (κ3) is 4.69. The highest BCUT2D eigenvalue weighted by Gasteiger charge is 2.29. The molecule has 0 spiro atoms. The second-order valence-electron chi connectivity index (χ2n) is 7.75. The van der Waals surface area contributed by atoms with Crippen molar-refractivity contribution >= 4 is 23.0 Å². The molecule has 0 atom stereocenters. The molecule has 0 amide bonds. The molecule has 1 fully saturated rings. The van der Waals surface area contributed by atoms with Gasteiger partial charge in [-0.2, -0.15) is 0 Å². The van der Waals surface area contributed by atoms with Crippen molar-refractivity contribution in [2.75, 3.05) is 47.8 Å². The van der Waals surface area contributed by atoms with Crippen LogP contribution in [0, 0.1) is 10.1 Å². The average molecular weight is 409 g/mol. The Morgan fingerprint density at radius 2 is 1.80 bits per heavy atom.